The molecule has 0 radical (unpaired) electrons. The molecule has 0 aliphatic carbocycles. The topological polar surface area (TPSA) is 45.4 Å². The molecule has 2 unspecified atom stereocenters. The van der Waals surface area contributed by atoms with Gasteiger partial charge in [0.15, 0.2) is 0 Å². The van der Waals surface area contributed by atoms with E-state index < -0.39 is 0 Å². The maximum absolute atomic E-state index is 12.7. The van der Waals surface area contributed by atoms with Gasteiger partial charge < -0.3 is 14.4 Å². The molecule has 1 aromatic rings. The second-order valence-corrected chi connectivity index (χ2v) is 5.27. The Kier molecular flexibility index (Phi) is 3.85. The Labute approximate surface area is 119 Å². The van der Waals surface area contributed by atoms with Crippen LogP contribution >= 0.6 is 0 Å². The smallest absolute Gasteiger partial charge is 0.254 e. The van der Waals surface area contributed by atoms with Gasteiger partial charge in [-0.05, 0) is 18.1 Å². The molecule has 4 nitrogen and oxygen atoms in total. The first-order valence-electron chi connectivity index (χ1n) is 6.99. The number of allylic oxidation sites excluding steroid dienone is 1. The zero-order chi connectivity index (χ0) is 13.9. The summed E-state index contributed by atoms with van der Waals surface area (Å²) in [5, 5.41) is 0. The molecule has 2 saturated heterocycles. The van der Waals surface area contributed by atoms with Crippen molar-refractivity contribution in [3.8, 4) is 0 Å². The molecule has 0 aromatic heterocycles. The quantitative estimate of drug-likeness (QED) is 0.560. The fourth-order valence-electron chi connectivity index (χ4n) is 2.31. The van der Waals surface area contributed by atoms with Crippen LogP contribution in [0.1, 0.15) is 15.9 Å². The predicted octanol–water partition coefficient (Wildman–Crippen LogP) is 1.65. The van der Waals surface area contributed by atoms with Crippen LogP contribution in [0.4, 0.5) is 0 Å². The molecule has 2 fully saturated rings. The van der Waals surface area contributed by atoms with E-state index in [9.17, 15) is 4.79 Å². The van der Waals surface area contributed by atoms with Crippen molar-refractivity contribution in [1.29, 1.82) is 0 Å². The number of carbonyl (C=O) groups is 1. The third kappa shape index (κ3) is 3.26. The van der Waals surface area contributed by atoms with Crippen molar-refractivity contribution in [3.63, 3.8) is 0 Å². The van der Waals surface area contributed by atoms with E-state index in [0.29, 0.717) is 19.5 Å². The van der Waals surface area contributed by atoms with E-state index in [0.717, 1.165) is 24.3 Å². The minimum absolute atomic E-state index is 0.0634. The molecule has 1 amide bonds. The number of nitrogens with zero attached hydrogens (tertiary/aromatic N) is 1. The van der Waals surface area contributed by atoms with Crippen molar-refractivity contribution >= 4 is 5.91 Å². The number of rotatable bonds is 7. The van der Waals surface area contributed by atoms with Crippen molar-refractivity contribution in [3.05, 3.63) is 48.0 Å². The molecular weight excluding hydrogens is 254 g/mol. The highest BCUT2D eigenvalue weighted by molar-refractivity contribution is 5.95. The third-order valence-corrected chi connectivity index (χ3v) is 3.55. The molecule has 3 rings (SSSR count). The molecule has 2 atom stereocenters. The molecule has 0 bridgehead atoms. The number of carbonyl (C=O) groups excluding carboxylic acids is 1. The van der Waals surface area contributed by atoms with Gasteiger partial charge in [0, 0.05) is 18.7 Å². The molecule has 2 aliphatic heterocycles. The van der Waals surface area contributed by atoms with Crippen LogP contribution < -0.4 is 0 Å². The zero-order valence-electron chi connectivity index (χ0n) is 11.5. The van der Waals surface area contributed by atoms with Gasteiger partial charge in [0.2, 0.25) is 0 Å². The van der Waals surface area contributed by atoms with Crippen LogP contribution in [0.2, 0.25) is 0 Å². The molecule has 0 saturated carbocycles. The number of ether oxygens (including phenoxy) is 2. The first-order valence-corrected chi connectivity index (χ1v) is 6.99. The van der Waals surface area contributed by atoms with E-state index >= 15 is 0 Å². The SMILES string of the molecule is C=CCc1ccccc1C(=O)N(CC1CO1)CC1CO1. The summed E-state index contributed by atoms with van der Waals surface area (Å²) in [6, 6.07) is 7.72. The second kappa shape index (κ2) is 5.77. The van der Waals surface area contributed by atoms with E-state index in [1.807, 2.05) is 35.2 Å². The molecule has 2 aliphatic rings. The highest BCUT2D eigenvalue weighted by Crippen LogP contribution is 2.20. The zero-order valence-corrected chi connectivity index (χ0v) is 11.5. The largest absolute Gasteiger partial charge is 0.371 e. The van der Waals surface area contributed by atoms with Crippen LogP contribution in [0.5, 0.6) is 0 Å². The molecule has 2 heterocycles. The summed E-state index contributed by atoms with van der Waals surface area (Å²) in [7, 11) is 0. The Hall–Kier alpha value is -1.65. The Balaban J connectivity index is 1.77. The van der Waals surface area contributed by atoms with E-state index in [1.54, 1.807) is 0 Å². The summed E-state index contributed by atoms with van der Waals surface area (Å²) in [5.41, 5.74) is 1.78. The van der Waals surface area contributed by atoms with Crippen LogP contribution in [0.15, 0.2) is 36.9 Å². The van der Waals surface area contributed by atoms with E-state index in [-0.39, 0.29) is 18.1 Å². The molecule has 106 valence electrons. The van der Waals surface area contributed by atoms with Crippen molar-refractivity contribution in [2.45, 2.75) is 18.6 Å². The molecular formula is C16H19NO3. The fourth-order valence-corrected chi connectivity index (χ4v) is 2.31. The van der Waals surface area contributed by atoms with E-state index in [1.165, 1.54) is 0 Å². The van der Waals surface area contributed by atoms with E-state index in [4.69, 9.17) is 9.47 Å². The lowest BCUT2D eigenvalue weighted by molar-refractivity contribution is 0.0728. The standard InChI is InChI=1S/C16H19NO3/c1-2-5-12-6-3-4-7-15(12)16(18)17(8-13-10-19-13)9-14-11-20-14/h2-4,6-7,13-14H,1,5,8-11H2. The minimum Gasteiger partial charge on any atom is -0.371 e. The summed E-state index contributed by atoms with van der Waals surface area (Å²) < 4.78 is 10.5. The van der Waals surface area contributed by atoms with Gasteiger partial charge in [-0.2, -0.15) is 0 Å². The van der Waals surface area contributed by atoms with Crippen LogP contribution in [0.25, 0.3) is 0 Å². The molecule has 0 spiro atoms. The molecule has 20 heavy (non-hydrogen) atoms. The van der Waals surface area contributed by atoms with Crippen molar-refractivity contribution in [1.82, 2.24) is 4.90 Å². The lowest BCUT2D eigenvalue weighted by atomic mass is 10.0. The third-order valence-electron chi connectivity index (χ3n) is 3.55. The van der Waals surface area contributed by atoms with Gasteiger partial charge in [-0.3, -0.25) is 4.79 Å². The highest BCUT2D eigenvalue weighted by Gasteiger charge is 2.33. The van der Waals surface area contributed by atoms with Crippen LogP contribution in [0.3, 0.4) is 0 Å². The Morgan fingerprint density at radius 2 is 1.85 bits per heavy atom. The summed E-state index contributed by atoms with van der Waals surface area (Å²) in [4.78, 5) is 14.6. The summed E-state index contributed by atoms with van der Waals surface area (Å²) in [5.74, 6) is 0.0634. The fraction of sp³-hybridized carbons (Fsp3) is 0.438. The average molecular weight is 273 g/mol. The van der Waals surface area contributed by atoms with Crippen molar-refractivity contribution in [2.24, 2.45) is 0 Å². The van der Waals surface area contributed by atoms with Gasteiger partial charge in [0.05, 0.1) is 25.4 Å². The number of hydrogen-bond donors (Lipinski definition) is 0. The van der Waals surface area contributed by atoms with Crippen LogP contribution in [0, 0.1) is 0 Å². The van der Waals surface area contributed by atoms with Crippen LogP contribution in [-0.4, -0.2) is 49.3 Å². The van der Waals surface area contributed by atoms with Gasteiger partial charge in [-0.25, -0.2) is 0 Å². The van der Waals surface area contributed by atoms with Gasteiger partial charge in [0.25, 0.3) is 5.91 Å². The normalized spacial score (nSPS) is 23.2. The first-order chi connectivity index (χ1) is 9.78. The molecule has 4 heteroatoms. The van der Waals surface area contributed by atoms with Gasteiger partial charge in [0.1, 0.15) is 0 Å². The number of benzene rings is 1. The van der Waals surface area contributed by atoms with Gasteiger partial charge >= 0.3 is 0 Å². The Bertz CT molecular complexity index is 492. The Morgan fingerprint density at radius 3 is 2.40 bits per heavy atom. The Morgan fingerprint density at radius 1 is 1.25 bits per heavy atom. The summed E-state index contributed by atoms with van der Waals surface area (Å²) in [6.45, 7) is 6.57. The predicted molar refractivity (Wildman–Crippen MR) is 75.7 cm³/mol. The lowest BCUT2D eigenvalue weighted by Crippen LogP contribution is -2.37. The number of amides is 1. The second-order valence-electron chi connectivity index (χ2n) is 5.27. The lowest BCUT2D eigenvalue weighted by Gasteiger charge is -2.22. The molecule has 1 aromatic carbocycles. The maximum Gasteiger partial charge on any atom is 0.254 e. The molecule has 0 N–H and O–H groups in total. The van der Waals surface area contributed by atoms with Gasteiger partial charge in [-0.1, -0.05) is 24.3 Å². The minimum atomic E-state index is 0.0634. The van der Waals surface area contributed by atoms with Crippen LogP contribution in [-0.2, 0) is 15.9 Å². The summed E-state index contributed by atoms with van der Waals surface area (Å²) >= 11 is 0. The highest BCUT2D eigenvalue weighted by atomic mass is 16.6. The number of epoxide rings is 2. The average Bonchev–Trinajstić information content (AvgIpc) is 3.34. The number of hydrogen-bond acceptors (Lipinski definition) is 3. The van der Waals surface area contributed by atoms with Crippen molar-refractivity contribution < 1.29 is 14.3 Å². The first kappa shape index (κ1) is 13.3. The van der Waals surface area contributed by atoms with E-state index in [2.05, 4.69) is 6.58 Å². The maximum atomic E-state index is 12.7. The monoisotopic (exact) mass is 273 g/mol. The van der Waals surface area contributed by atoms with Crippen molar-refractivity contribution in [2.75, 3.05) is 26.3 Å². The van der Waals surface area contributed by atoms with Gasteiger partial charge in [-0.15, -0.1) is 6.58 Å². The summed E-state index contributed by atoms with van der Waals surface area (Å²) in [6.07, 6.45) is 2.92.